The first kappa shape index (κ1) is 12.4. The molecule has 0 amide bonds. The lowest BCUT2D eigenvalue weighted by Crippen LogP contribution is -2.13. The molecule has 0 aliphatic rings. The molecule has 2 rings (SSSR count). The van der Waals surface area contributed by atoms with Gasteiger partial charge in [0.15, 0.2) is 0 Å². The molecule has 96 valence electrons. The molecule has 0 saturated heterocycles. The minimum atomic E-state index is -3.70. The lowest BCUT2D eigenvalue weighted by atomic mass is 10.3. The van der Waals surface area contributed by atoms with Gasteiger partial charge < -0.3 is 9.73 Å². The summed E-state index contributed by atoms with van der Waals surface area (Å²) in [4.78, 5) is 0.123. The Balaban J connectivity index is 2.24. The summed E-state index contributed by atoms with van der Waals surface area (Å²) in [6.07, 6.45) is 0. The normalized spacial score (nSPS) is 11.2. The molecule has 7 nitrogen and oxygen atoms in total. The fourth-order valence-electron chi connectivity index (χ4n) is 1.31. The molecule has 8 heteroatoms. The molecular weight excluding hydrogens is 256 g/mol. The number of aromatic nitrogens is 2. The molecule has 0 unspecified atom stereocenters. The molecule has 0 saturated carbocycles. The molecule has 0 atom stereocenters. The third-order valence-electron chi connectivity index (χ3n) is 2.20. The fourth-order valence-corrected chi connectivity index (χ4v) is 2.24. The zero-order valence-corrected chi connectivity index (χ0v) is 10.7. The lowest BCUT2D eigenvalue weighted by Gasteiger charge is -2.05. The minimum Gasteiger partial charge on any atom is -0.408 e. The molecule has 0 fully saturated rings. The van der Waals surface area contributed by atoms with Crippen molar-refractivity contribution < 1.29 is 12.8 Å². The number of aryl methyl sites for hydroxylation is 1. The first-order valence-corrected chi connectivity index (χ1v) is 6.60. The van der Waals surface area contributed by atoms with Gasteiger partial charge in [-0.05, 0) is 24.3 Å². The molecule has 1 heterocycles. The summed E-state index contributed by atoms with van der Waals surface area (Å²) in [7, 11) is -1.95. The van der Waals surface area contributed by atoms with Crippen LogP contribution in [0.25, 0.3) is 0 Å². The van der Waals surface area contributed by atoms with E-state index in [0.29, 0.717) is 5.89 Å². The van der Waals surface area contributed by atoms with Crippen molar-refractivity contribution in [2.75, 3.05) is 17.1 Å². The molecule has 0 aliphatic carbocycles. The maximum atomic E-state index is 12.0. The van der Waals surface area contributed by atoms with Crippen molar-refractivity contribution in [2.45, 2.75) is 11.8 Å². The van der Waals surface area contributed by atoms with Gasteiger partial charge in [-0.2, -0.15) is 0 Å². The second-order valence-electron chi connectivity index (χ2n) is 3.51. The van der Waals surface area contributed by atoms with Gasteiger partial charge in [0.25, 0.3) is 10.0 Å². The van der Waals surface area contributed by atoms with Crippen molar-refractivity contribution in [1.82, 2.24) is 10.2 Å². The molecule has 1 aromatic carbocycles. The van der Waals surface area contributed by atoms with Gasteiger partial charge in [0.05, 0.1) is 4.90 Å². The van der Waals surface area contributed by atoms with E-state index in [1.54, 1.807) is 26.1 Å². The number of benzene rings is 1. The third-order valence-corrected chi connectivity index (χ3v) is 3.54. The first-order valence-electron chi connectivity index (χ1n) is 5.12. The average Bonchev–Trinajstić information content (AvgIpc) is 2.74. The van der Waals surface area contributed by atoms with Crippen molar-refractivity contribution in [3.63, 3.8) is 0 Å². The number of rotatable bonds is 4. The smallest absolute Gasteiger partial charge is 0.329 e. The SMILES string of the molecule is CNc1ccc(S(=O)(=O)Nc2nnc(C)o2)cc1. The van der Waals surface area contributed by atoms with Crippen LogP contribution in [0.2, 0.25) is 0 Å². The molecule has 2 aromatic rings. The Kier molecular flexibility index (Phi) is 3.19. The molecule has 0 aliphatic heterocycles. The Bertz CT molecular complexity index is 633. The van der Waals surface area contributed by atoms with Crippen LogP contribution in [0.4, 0.5) is 11.7 Å². The Morgan fingerprint density at radius 2 is 1.83 bits per heavy atom. The van der Waals surface area contributed by atoms with Gasteiger partial charge in [-0.1, -0.05) is 5.10 Å². The van der Waals surface area contributed by atoms with Gasteiger partial charge in [-0.3, -0.25) is 0 Å². The molecule has 0 spiro atoms. The van der Waals surface area contributed by atoms with E-state index in [-0.39, 0.29) is 10.9 Å². The second kappa shape index (κ2) is 4.65. The highest BCUT2D eigenvalue weighted by Crippen LogP contribution is 2.17. The summed E-state index contributed by atoms with van der Waals surface area (Å²) in [5, 5.41) is 10.0. The van der Waals surface area contributed by atoms with Crippen LogP contribution in [0.1, 0.15) is 5.89 Å². The molecule has 18 heavy (non-hydrogen) atoms. The predicted octanol–water partition coefficient (Wildman–Crippen LogP) is 1.22. The summed E-state index contributed by atoms with van der Waals surface area (Å²) >= 11 is 0. The van der Waals surface area contributed by atoms with Crippen molar-refractivity contribution in [2.24, 2.45) is 0 Å². The van der Waals surface area contributed by atoms with Crippen molar-refractivity contribution in [3.05, 3.63) is 30.2 Å². The van der Waals surface area contributed by atoms with Crippen LogP contribution in [0.3, 0.4) is 0 Å². The number of sulfonamides is 1. The number of hydrogen-bond acceptors (Lipinski definition) is 6. The first-order chi connectivity index (χ1) is 8.51. The van der Waals surface area contributed by atoms with Gasteiger partial charge in [-0.15, -0.1) is 5.10 Å². The maximum Gasteiger partial charge on any atom is 0.329 e. The van der Waals surface area contributed by atoms with Crippen LogP contribution < -0.4 is 10.0 Å². The Hall–Kier alpha value is -2.09. The summed E-state index contributed by atoms with van der Waals surface area (Å²) in [5.74, 6) is 0.290. The highest BCUT2D eigenvalue weighted by atomic mass is 32.2. The van der Waals surface area contributed by atoms with Gasteiger partial charge >= 0.3 is 6.01 Å². The van der Waals surface area contributed by atoms with E-state index in [0.717, 1.165) is 5.69 Å². The largest absolute Gasteiger partial charge is 0.408 e. The van der Waals surface area contributed by atoms with Crippen molar-refractivity contribution in [3.8, 4) is 0 Å². The van der Waals surface area contributed by atoms with Gasteiger partial charge in [0.2, 0.25) is 5.89 Å². The monoisotopic (exact) mass is 268 g/mol. The standard InChI is InChI=1S/C10H12N4O3S/c1-7-12-13-10(17-7)14-18(15,16)9-5-3-8(11-2)4-6-9/h3-6,11H,1-2H3,(H,13,14). The number of nitrogens with one attached hydrogen (secondary N) is 2. The summed E-state index contributed by atoms with van der Waals surface area (Å²) in [6, 6.07) is 6.14. The van der Waals surface area contributed by atoms with E-state index in [9.17, 15) is 8.42 Å². The summed E-state index contributed by atoms with van der Waals surface area (Å²) in [5.41, 5.74) is 0.822. The van der Waals surface area contributed by atoms with Gasteiger partial charge in [0.1, 0.15) is 0 Å². The second-order valence-corrected chi connectivity index (χ2v) is 5.19. The maximum absolute atomic E-state index is 12.0. The van der Waals surface area contributed by atoms with Crippen molar-refractivity contribution >= 4 is 21.7 Å². The highest BCUT2D eigenvalue weighted by molar-refractivity contribution is 7.92. The molecule has 2 N–H and O–H groups in total. The summed E-state index contributed by atoms with van der Waals surface area (Å²) < 4.78 is 31.1. The molecule has 0 radical (unpaired) electrons. The van der Waals surface area contributed by atoms with E-state index in [1.165, 1.54) is 12.1 Å². The minimum absolute atomic E-state index is 0.123. The van der Waals surface area contributed by atoms with Crippen LogP contribution in [0, 0.1) is 6.92 Å². The molecular formula is C10H12N4O3S. The van der Waals surface area contributed by atoms with E-state index < -0.39 is 10.0 Å². The van der Waals surface area contributed by atoms with E-state index in [1.807, 2.05) is 0 Å². The van der Waals surface area contributed by atoms with Gasteiger partial charge in [-0.25, -0.2) is 13.1 Å². The lowest BCUT2D eigenvalue weighted by molar-refractivity contribution is 0.534. The average molecular weight is 268 g/mol. The zero-order valence-electron chi connectivity index (χ0n) is 9.84. The molecule has 0 bridgehead atoms. The van der Waals surface area contributed by atoms with Crippen LogP contribution in [0.15, 0.2) is 33.6 Å². The van der Waals surface area contributed by atoms with E-state index in [4.69, 9.17) is 4.42 Å². The van der Waals surface area contributed by atoms with Crippen molar-refractivity contribution in [1.29, 1.82) is 0 Å². The summed E-state index contributed by atoms with van der Waals surface area (Å²) in [6.45, 7) is 1.58. The Morgan fingerprint density at radius 3 is 2.33 bits per heavy atom. The third kappa shape index (κ3) is 2.59. The van der Waals surface area contributed by atoms with Crippen LogP contribution in [-0.2, 0) is 10.0 Å². The van der Waals surface area contributed by atoms with E-state index >= 15 is 0 Å². The van der Waals surface area contributed by atoms with Gasteiger partial charge in [0, 0.05) is 19.7 Å². The topological polar surface area (TPSA) is 97.1 Å². The number of nitrogens with zero attached hydrogens (tertiary/aromatic N) is 2. The fraction of sp³-hybridized carbons (Fsp3) is 0.200. The predicted molar refractivity (Wildman–Crippen MR) is 65.8 cm³/mol. The van der Waals surface area contributed by atoms with Crippen LogP contribution in [0.5, 0.6) is 0 Å². The highest BCUT2D eigenvalue weighted by Gasteiger charge is 2.17. The van der Waals surface area contributed by atoms with Crippen LogP contribution >= 0.6 is 0 Å². The van der Waals surface area contributed by atoms with Crippen LogP contribution in [-0.4, -0.2) is 25.7 Å². The Labute approximate surface area is 104 Å². The zero-order chi connectivity index (χ0) is 13.2. The molecule has 1 aromatic heterocycles. The Morgan fingerprint density at radius 1 is 1.17 bits per heavy atom. The van der Waals surface area contributed by atoms with E-state index in [2.05, 4.69) is 20.2 Å². The number of hydrogen-bond donors (Lipinski definition) is 2. The quantitative estimate of drug-likeness (QED) is 0.865. The number of anilines is 2.